The average molecular weight is 215 g/mol. The fourth-order valence-electron chi connectivity index (χ4n) is 1.19. The SMILES string of the molecule is COc1c(N)cc(C(=O)O)c(F)c1OC. The number of nitrogen functional groups attached to an aromatic ring is 1. The van der Waals surface area contributed by atoms with E-state index in [1.807, 2.05) is 0 Å². The van der Waals surface area contributed by atoms with Crippen LogP contribution in [0.1, 0.15) is 10.4 Å². The van der Waals surface area contributed by atoms with Gasteiger partial charge in [-0.1, -0.05) is 0 Å². The second kappa shape index (κ2) is 4.04. The van der Waals surface area contributed by atoms with Crippen LogP contribution in [0.2, 0.25) is 0 Å². The van der Waals surface area contributed by atoms with Crippen molar-refractivity contribution in [1.29, 1.82) is 0 Å². The van der Waals surface area contributed by atoms with Crippen molar-refractivity contribution >= 4 is 11.7 Å². The molecule has 0 fully saturated rings. The Kier molecular flexibility index (Phi) is 2.99. The topological polar surface area (TPSA) is 81.8 Å². The van der Waals surface area contributed by atoms with Gasteiger partial charge in [0.2, 0.25) is 0 Å². The molecule has 0 saturated carbocycles. The van der Waals surface area contributed by atoms with Gasteiger partial charge in [-0.25, -0.2) is 9.18 Å². The van der Waals surface area contributed by atoms with Crippen molar-refractivity contribution in [3.8, 4) is 11.5 Å². The lowest BCUT2D eigenvalue weighted by atomic mass is 10.1. The van der Waals surface area contributed by atoms with E-state index in [0.29, 0.717) is 0 Å². The van der Waals surface area contributed by atoms with Crippen LogP contribution in [0.4, 0.5) is 10.1 Å². The smallest absolute Gasteiger partial charge is 0.338 e. The first-order valence-corrected chi connectivity index (χ1v) is 3.96. The first-order chi connectivity index (χ1) is 7.02. The van der Waals surface area contributed by atoms with Crippen LogP contribution in [-0.2, 0) is 0 Å². The molecule has 0 aliphatic rings. The molecular formula is C9H10FNO4. The minimum absolute atomic E-state index is 0.00755. The lowest BCUT2D eigenvalue weighted by Crippen LogP contribution is -2.06. The molecule has 6 heteroatoms. The van der Waals surface area contributed by atoms with Crippen LogP contribution in [0.15, 0.2) is 6.07 Å². The zero-order valence-electron chi connectivity index (χ0n) is 8.20. The number of aromatic carboxylic acids is 1. The summed E-state index contributed by atoms with van der Waals surface area (Å²) in [6, 6.07) is 0.985. The summed E-state index contributed by atoms with van der Waals surface area (Å²) < 4.78 is 23.0. The van der Waals surface area contributed by atoms with Crippen molar-refractivity contribution in [2.24, 2.45) is 0 Å². The summed E-state index contributed by atoms with van der Waals surface area (Å²) in [6.07, 6.45) is 0. The van der Waals surface area contributed by atoms with Gasteiger partial charge in [0.1, 0.15) is 5.56 Å². The molecule has 0 heterocycles. The molecule has 0 amide bonds. The van der Waals surface area contributed by atoms with Gasteiger partial charge in [0.05, 0.1) is 19.9 Å². The Morgan fingerprint density at radius 3 is 2.33 bits per heavy atom. The molecule has 1 rings (SSSR count). The maximum Gasteiger partial charge on any atom is 0.338 e. The highest BCUT2D eigenvalue weighted by molar-refractivity contribution is 5.91. The van der Waals surface area contributed by atoms with Crippen LogP contribution in [0, 0.1) is 5.82 Å². The van der Waals surface area contributed by atoms with E-state index in [2.05, 4.69) is 0 Å². The van der Waals surface area contributed by atoms with Crippen LogP contribution in [-0.4, -0.2) is 25.3 Å². The minimum Gasteiger partial charge on any atom is -0.491 e. The monoisotopic (exact) mass is 215 g/mol. The molecule has 0 atom stereocenters. The van der Waals surface area contributed by atoms with Crippen LogP contribution in [0.25, 0.3) is 0 Å². The molecular weight excluding hydrogens is 205 g/mol. The van der Waals surface area contributed by atoms with Crippen LogP contribution in [0.3, 0.4) is 0 Å². The van der Waals surface area contributed by atoms with Gasteiger partial charge in [-0.05, 0) is 6.07 Å². The zero-order valence-corrected chi connectivity index (χ0v) is 8.20. The fraction of sp³-hybridized carbons (Fsp3) is 0.222. The molecule has 0 saturated heterocycles. The normalized spacial score (nSPS) is 9.80. The Morgan fingerprint density at radius 2 is 1.93 bits per heavy atom. The van der Waals surface area contributed by atoms with Gasteiger partial charge in [0.15, 0.2) is 17.3 Å². The molecule has 15 heavy (non-hydrogen) atoms. The summed E-state index contributed by atoms with van der Waals surface area (Å²) in [7, 11) is 2.49. The zero-order chi connectivity index (χ0) is 11.6. The van der Waals surface area contributed by atoms with E-state index in [0.717, 1.165) is 6.07 Å². The third-order valence-corrected chi connectivity index (χ3v) is 1.84. The van der Waals surface area contributed by atoms with Crippen LogP contribution in [0.5, 0.6) is 11.5 Å². The maximum absolute atomic E-state index is 13.5. The van der Waals surface area contributed by atoms with Gasteiger partial charge in [-0.2, -0.15) is 0 Å². The Bertz CT molecular complexity index is 406. The number of anilines is 1. The standard InChI is InChI=1S/C9H10FNO4/c1-14-7-5(11)3-4(9(12)13)6(10)8(7)15-2/h3H,11H2,1-2H3,(H,12,13). The summed E-state index contributed by atoms with van der Waals surface area (Å²) in [5.41, 5.74) is 4.94. The Morgan fingerprint density at radius 1 is 1.40 bits per heavy atom. The number of nitrogens with two attached hydrogens (primary N) is 1. The van der Waals surface area contributed by atoms with Crippen molar-refractivity contribution in [1.82, 2.24) is 0 Å². The molecule has 0 spiro atoms. The number of hydrogen-bond acceptors (Lipinski definition) is 4. The van der Waals surface area contributed by atoms with Gasteiger partial charge in [-0.15, -0.1) is 0 Å². The summed E-state index contributed by atoms with van der Waals surface area (Å²) >= 11 is 0. The molecule has 0 radical (unpaired) electrons. The van der Waals surface area contributed by atoms with Gasteiger partial charge in [-0.3, -0.25) is 0 Å². The second-order valence-electron chi connectivity index (χ2n) is 2.70. The van der Waals surface area contributed by atoms with Crippen molar-refractivity contribution < 1.29 is 23.8 Å². The molecule has 1 aromatic rings. The minimum atomic E-state index is -1.42. The largest absolute Gasteiger partial charge is 0.491 e. The van der Waals surface area contributed by atoms with Crippen LogP contribution < -0.4 is 15.2 Å². The number of hydrogen-bond donors (Lipinski definition) is 2. The lowest BCUT2D eigenvalue weighted by Gasteiger charge is -2.12. The molecule has 3 N–H and O–H groups in total. The lowest BCUT2D eigenvalue weighted by molar-refractivity contribution is 0.0691. The molecule has 0 bridgehead atoms. The van der Waals surface area contributed by atoms with Crippen molar-refractivity contribution in [2.45, 2.75) is 0 Å². The molecule has 0 aliphatic carbocycles. The van der Waals surface area contributed by atoms with E-state index < -0.39 is 17.3 Å². The van der Waals surface area contributed by atoms with Gasteiger partial charge >= 0.3 is 5.97 Å². The molecule has 0 unspecified atom stereocenters. The molecule has 82 valence electrons. The molecule has 5 nitrogen and oxygen atoms in total. The van der Waals surface area contributed by atoms with E-state index in [-0.39, 0.29) is 17.2 Å². The highest BCUT2D eigenvalue weighted by Crippen LogP contribution is 2.37. The first kappa shape index (κ1) is 11.1. The van der Waals surface area contributed by atoms with E-state index in [1.54, 1.807) is 0 Å². The van der Waals surface area contributed by atoms with Gasteiger partial charge in [0.25, 0.3) is 0 Å². The number of carbonyl (C=O) groups is 1. The highest BCUT2D eigenvalue weighted by Gasteiger charge is 2.22. The summed E-state index contributed by atoms with van der Waals surface area (Å²) in [4.78, 5) is 10.6. The Hall–Kier alpha value is -1.98. The van der Waals surface area contributed by atoms with E-state index in [9.17, 15) is 9.18 Å². The summed E-state index contributed by atoms with van der Waals surface area (Å²) in [6.45, 7) is 0. The average Bonchev–Trinajstić information content (AvgIpc) is 2.19. The maximum atomic E-state index is 13.5. The predicted octanol–water partition coefficient (Wildman–Crippen LogP) is 1.12. The summed E-state index contributed by atoms with van der Waals surface area (Å²) in [5, 5.41) is 8.68. The number of rotatable bonds is 3. The van der Waals surface area contributed by atoms with Crippen LogP contribution >= 0.6 is 0 Å². The number of halogens is 1. The number of methoxy groups -OCH3 is 2. The number of benzene rings is 1. The second-order valence-corrected chi connectivity index (χ2v) is 2.70. The number of ether oxygens (including phenoxy) is 2. The Labute approximate surface area is 85.2 Å². The van der Waals surface area contributed by atoms with Crippen molar-refractivity contribution in [3.63, 3.8) is 0 Å². The van der Waals surface area contributed by atoms with E-state index in [1.165, 1.54) is 14.2 Å². The third kappa shape index (κ3) is 1.78. The Balaban J connectivity index is 3.51. The van der Waals surface area contributed by atoms with Gasteiger partial charge in [0, 0.05) is 0 Å². The van der Waals surface area contributed by atoms with E-state index >= 15 is 0 Å². The molecule has 0 aromatic heterocycles. The van der Waals surface area contributed by atoms with Gasteiger partial charge < -0.3 is 20.3 Å². The fourth-order valence-corrected chi connectivity index (χ4v) is 1.19. The summed E-state index contributed by atoms with van der Waals surface area (Å²) in [5.74, 6) is -2.74. The third-order valence-electron chi connectivity index (χ3n) is 1.84. The molecule has 0 aliphatic heterocycles. The van der Waals surface area contributed by atoms with Crippen molar-refractivity contribution in [2.75, 3.05) is 20.0 Å². The van der Waals surface area contributed by atoms with Crippen molar-refractivity contribution in [3.05, 3.63) is 17.4 Å². The first-order valence-electron chi connectivity index (χ1n) is 3.96. The number of carboxylic acids is 1. The number of carboxylic acid groups (broad SMARTS) is 1. The quantitative estimate of drug-likeness (QED) is 0.738. The highest BCUT2D eigenvalue weighted by atomic mass is 19.1. The molecule has 1 aromatic carbocycles. The predicted molar refractivity (Wildman–Crippen MR) is 50.9 cm³/mol. The van der Waals surface area contributed by atoms with E-state index in [4.69, 9.17) is 20.3 Å².